The number of hydrogen-bond acceptors (Lipinski definition) is 5. The maximum Gasteiger partial charge on any atom is 0.145 e. The van der Waals surface area contributed by atoms with E-state index in [9.17, 15) is 4.39 Å². The fourth-order valence-corrected chi connectivity index (χ4v) is 5.25. The van der Waals surface area contributed by atoms with Crippen LogP contribution >= 0.6 is 11.8 Å². The van der Waals surface area contributed by atoms with Gasteiger partial charge in [-0.2, -0.15) is 0 Å². The van der Waals surface area contributed by atoms with Gasteiger partial charge in [0.2, 0.25) is 0 Å². The number of benzene rings is 1. The summed E-state index contributed by atoms with van der Waals surface area (Å²) >= 11 is 1.59. The highest BCUT2D eigenvalue weighted by Crippen LogP contribution is 2.40. The van der Waals surface area contributed by atoms with Gasteiger partial charge in [-0.25, -0.2) is 19.3 Å². The van der Waals surface area contributed by atoms with Crippen LogP contribution in [0.5, 0.6) is 0 Å². The molecule has 5 nitrogen and oxygen atoms in total. The van der Waals surface area contributed by atoms with E-state index in [4.69, 9.17) is 4.98 Å². The SMILES string of the molecule is CSc1ncncc1-c1nc(-c2ccc(F)cc2)cn1C1CC(C)(C)NC(C)(C)C1. The maximum atomic E-state index is 13.5. The van der Waals surface area contributed by atoms with Crippen molar-refractivity contribution in [1.29, 1.82) is 0 Å². The Hall–Kier alpha value is -2.25. The van der Waals surface area contributed by atoms with Crippen LogP contribution in [0.15, 0.2) is 48.0 Å². The van der Waals surface area contributed by atoms with Crippen molar-refractivity contribution >= 4 is 11.8 Å². The second-order valence-corrected chi connectivity index (χ2v) is 10.1. The number of imidazole rings is 1. The molecule has 7 heteroatoms. The molecule has 1 N–H and O–H groups in total. The summed E-state index contributed by atoms with van der Waals surface area (Å²) in [6, 6.07) is 6.77. The molecule has 1 aliphatic heterocycles. The highest BCUT2D eigenvalue weighted by atomic mass is 32.2. The third-order valence-corrected chi connectivity index (χ3v) is 6.26. The first kappa shape index (κ1) is 21.0. The van der Waals surface area contributed by atoms with Crippen molar-refractivity contribution in [1.82, 2.24) is 24.8 Å². The summed E-state index contributed by atoms with van der Waals surface area (Å²) in [4.78, 5) is 13.7. The third-order valence-electron chi connectivity index (χ3n) is 5.54. The molecule has 0 amide bonds. The molecule has 0 saturated carbocycles. The fourth-order valence-electron chi connectivity index (χ4n) is 4.73. The van der Waals surface area contributed by atoms with E-state index in [2.05, 4.69) is 53.7 Å². The number of nitrogens with zero attached hydrogens (tertiary/aromatic N) is 4. The maximum absolute atomic E-state index is 13.5. The van der Waals surface area contributed by atoms with Crippen molar-refractivity contribution in [3.8, 4) is 22.6 Å². The Kier molecular flexibility index (Phi) is 5.45. The first-order valence-corrected chi connectivity index (χ1v) is 11.4. The molecule has 3 aromatic rings. The van der Waals surface area contributed by atoms with Crippen LogP contribution < -0.4 is 5.32 Å². The van der Waals surface area contributed by atoms with Crippen molar-refractivity contribution in [2.45, 2.75) is 62.7 Å². The van der Waals surface area contributed by atoms with Crippen molar-refractivity contribution < 1.29 is 4.39 Å². The van der Waals surface area contributed by atoms with Gasteiger partial charge in [0.05, 0.1) is 11.3 Å². The average Bonchev–Trinajstić information content (AvgIpc) is 3.11. The standard InChI is InChI=1S/C23H28FN5S/c1-22(2)10-17(11-23(3,4)28-22)29-13-19(15-6-8-16(24)9-7-15)27-20(29)18-12-25-14-26-21(18)30-5/h6-9,12-14,17,28H,10-11H2,1-5H3. The summed E-state index contributed by atoms with van der Waals surface area (Å²) in [5, 5.41) is 4.65. The highest BCUT2D eigenvalue weighted by Gasteiger charge is 2.39. The van der Waals surface area contributed by atoms with Gasteiger partial charge in [0, 0.05) is 35.1 Å². The molecule has 158 valence electrons. The van der Waals surface area contributed by atoms with E-state index in [1.54, 1.807) is 30.2 Å². The molecule has 0 bridgehead atoms. The molecular weight excluding hydrogens is 397 g/mol. The number of aromatic nitrogens is 4. The van der Waals surface area contributed by atoms with Crippen LogP contribution in [0.4, 0.5) is 4.39 Å². The molecule has 0 spiro atoms. The molecule has 0 atom stereocenters. The monoisotopic (exact) mass is 425 g/mol. The molecule has 30 heavy (non-hydrogen) atoms. The zero-order chi connectivity index (χ0) is 21.5. The first-order valence-electron chi connectivity index (χ1n) is 10.2. The second-order valence-electron chi connectivity index (χ2n) is 9.26. The summed E-state index contributed by atoms with van der Waals surface area (Å²) in [5.74, 6) is 0.610. The summed E-state index contributed by atoms with van der Waals surface area (Å²) in [6.45, 7) is 8.99. The summed E-state index contributed by atoms with van der Waals surface area (Å²) in [6.07, 6.45) is 9.47. The Balaban J connectivity index is 1.87. The predicted octanol–water partition coefficient (Wildman–Crippen LogP) is 5.35. The van der Waals surface area contributed by atoms with Crippen LogP contribution in [0.1, 0.15) is 46.6 Å². The Morgan fingerprint density at radius 2 is 1.77 bits per heavy atom. The van der Waals surface area contributed by atoms with E-state index >= 15 is 0 Å². The van der Waals surface area contributed by atoms with Gasteiger partial charge >= 0.3 is 0 Å². The summed E-state index contributed by atoms with van der Waals surface area (Å²) in [5.41, 5.74) is 2.65. The van der Waals surface area contributed by atoms with Gasteiger partial charge in [-0.3, -0.25) is 0 Å². The predicted molar refractivity (Wildman–Crippen MR) is 120 cm³/mol. The molecule has 1 aromatic carbocycles. The van der Waals surface area contributed by atoms with Crippen LogP contribution in [-0.4, -0.2) is 36.9 Å². The minimum Gasteiger partial charge on any atom is -0.327 e. The average molecular weight is 426 g/mol. The molecule has 2 aromatic heterocycles. The summed E-state index contributed by atoms with van der Waals surface area (Å²) in [7, 11) is 0. The molecule has 0 radical (unpaired) electrons. The van der Waals surface area contributed by atoms with Crippen molar-refractivity contribution in [3.63, 3.8) is 0 Å². The minimum absolute atomic E-state index is 0.000477. The molecule has 0 aliphatic carbocycles. The fraction of sp³-hybridized carbons (Fsp3) is 0.435. The van der Waals surface area contributed by atoms with E-state index < -0.39 is 0 Å². The number of hydrogen-bond donors (Lipinski definition) is 1. The molecule has 1 saturated heterocycles. The quantitative estimate of drug-likeness (QED) is 0.451. The molecular formula is C23H28FN5S. The van der Waals surface area contributed by atoms with Gasteiger partial charge in [-0.05, 0) is 71.1 Å². The van der Waals surface area contributed by atoms with E-state index in [1.165, 1.54) is 12.1 Å². The molecule has 1 aliphatic rings. The van der Waals surface area contributed by atoms with Crippen molar-refractivity contribution in [3.05, 3.63) is 48.8 Å². The van der Waals surface area contributed by atoms with Gasteiger partial charge in [0.25, 0.3) is 0 Å². The van der Waals surface area contributed by atoms with Crippen molar-refractivity contribution in [2.24, 2.45) is 0 Å². The normalized spacial score (nSPS) is 18.5. The van der Waals surface area contributed by atoms with Gasteiger partial charge in [0.1, 0.15) is 23.0 Å². The lowest BCUT2D eigenvalue weighted by molar-refractivity contribution is 0.133. The van der Waals surface area contributed by atoms with Crippen LogP contribution in [-0.2, 0) is 0 Å². The van der Waals surface area contributed by atoms with Gasteiger partial charge in [-0.15, -0.1) is 11.8 Å². The number of nitrogens with one attached hydrogen (secondary N) is 1. The van der Waals surface area contributed by atoms with Crippen LogP contribution in [0.25, 0.3) is 22.6 Å². The lowest BCUT2D eigenvalue weighted by Gasteiger charge is -2.47. The summed E-state index contributed by atoms with van der Waals surface area (Å²) < 4.78 is 15.7. The molecule has 3 heterocycles. The topological polar surface area (TPSA) is 55.6 Å². The zero-order valence-corrected chi connectivity index (χ0v) is 18.9. The van der Waals surface area contributed by atoms with Crippen molar-refractivity contribution in [2.75, 3.05) is 6.26 Å². The van der Waals surface area contributed by atoms with E-state index in [0.29, 0.717) is 0 Å². The Bertz CT molecular complexity index is 1030. The Morgan fingerprint density at radius 3 is 2.40 bits per heavy atom. The highest BCUT2D eigenvalue weighted by molar-refractivity contribution is 7.98. The third kappa shape index (κ3) is 4.27. The molecule has 0 unspecified atom stereocenters. The number of halogens is 1. The zero-order valence-electron chi connectivity index (χ0n) is 18.1. The number of thioether (sulfide) groups is 1. The van der Waals surface area contributed by atoms with Crippen LogP contribution in [0, 0.1) is 5.82 Å². The van der Waals surface area contributed by atoms with Gasteiger partial charge in [0.15, 0.2) is 0 Å². The number of piperidine rings is 1. The lowest BCUT2D eigenvalue weighted by Crippen LogP contribution is -2.57. The smallest absolute Gasteiger partial charge is 0.145 e. The van der Waals surface area contributed by atoms with Crippen LogP contribution in [0.3, 0.4) is 0 Å². The number of rotatable bonds is 4. The minimum atomic E-state index is -0.249. The molecule has 4 rings (SSSR count). The largest absolute Gasteiger partial charge is 0.327 e. The van der Waals surface area contributed by atoms with E-state index in [-0.39, 0.29) is 22.9 Å². The van der Waals surface area contributed by atoms with Gasteiger partial charge < -0.3 is 9.88 Å². The van der Waals surface area contributed by atoms with Crippen LogP contribution in [0.2, 0.25) is 0 Å². The van der Waals surface area contributed by atoms with Gasteiger partial charge in [-0.1, -0.05) is 0 Å². The van der Waals surface area contributed by atoms with E-state index in [1.807, 2.05) is 12.5 Å². The first-order chi connectivity index (χ1) is 14.2. The Labute approximate surface area is 181 Å². The van der Waals surface area contributed by atoms with E-state index in [0.717, 1.165) is 40.5 Å². The Morgan fingerprint density at radius 1 is 1.10 bits per heavy atom. The molecule has 1 fully saturated rings. The second kappa shape index (κ2) is 7.78. The lowest BCUT2D eigenvalue weighted by atomic mass is 9.79.